The van der Waals surface area contributed by atoms with Gasteiger partial charge in [0.15, 0.2) is 0 Å². The van der Waals surface area contributed by atoms with E-state index in [9.17, 15) is 0 Å². The molecule has 0 fully saturated rings. The highest BCUT2D eigenvalue weighted by molar-refractivity contribution is 6.10. The van der Waals surface area contributed by atoms with Crippen LogP contribution in [0.5, 0.6) is 0 Å². The number of para-hydroxylation sites is 4. The number of allylic oxidation sites excluding steroid dienone is 1. The summed E-state index contributed by atoms with van der Waals surface area (Å²) < 4.78 is 4.81. The SMILES string of the molecule is N/C(=C\Cc1cc(-n2c3ccccc3c3ccccc32)cc(-n2c3ccccc3c3ccccc32)c1)c1ccc(-c2ccccc2)cc1. The van der Waals surface area contributed by atoms with Crippen molar-refractivity contribution in [2.45, 2.75) is 6.42 Å². The number of hydrogen-bond acceptors (Lipinski definition) is 1. The molecular weight excluding hydrogens is 583 g/mol. The Balaban J connectivity index is 1.21. The molecule has 3 heteroatoms. The van der Waals surface area contributed by atoms with Gasteiger partial charge in [0.25, 0.3) is 0 Å². The van der Waals surface area contributed by atoms with Crippen LogP contribution in [-0.2, 0) is 6.42 Å². The summed E-state index contributed by atoms with van der Waals surface area (Å²) in [7, 11) is 0. The lowest BCUT2D eigenvalue weighted by Gasteiger charge is -2.15. The minimum absolute atomic E-state index is 0.696. The predicted molar refractivity (Wildman–Crippen MR) is 203 cm³/mol. The Morgan fingerprint density at radius 3 is 1.29 bits per heavy atom. The second kappa shape index (κ2) is 11.5. The van der Waals surface area contributed by atoms with Crippen LogP contribution in [0.2, 0.25) is 0 Å². The van der Waals surface area contributed by atoms with Crippen LogP contribution < -0.4 is 5.73 Å². The molecule has 9 rings (SSSR count). The van der Waals surface area contributed by atoms with Crippen molar-refractivity contribution in [2.24, 2.45) is 5.73 Å². The van der Waals surface area contributed by atoms with E-state index in [0.29, 0.717) is 6.42 Å². The number of aromatic nitrogens is 2. The Morgan fingerprint density at radius 1 is 0.438 bits per heavy atom. The summed E-state index contributed by atoms with van der Waals surface area (Å²) >= 11 is 0. The standard InChI is InChI=1S/C45H33N3/c46-41(34-25-23-33(24-26-34)32-12-2-1-3-13-32)27-22-31-28-35(47-42-18-8-4-14-37(42)38-15-5-9-19-43(38)47)30-36(29-31)48-44-20-10-6-16-39(44)40-17-7-11-21-45(40)48/h1-21,23-30H,22,46H2/b41-27-. The first-order valence-electron chi connectivity index (χ1n) is 16.5. The van der Waals surface area contributed by atoms with Crippen LogP contribution in [0.3, 0.4) is 0 Å². The highest BCUT2D eigenvalue weighted by Gasteiger charge is 2.16. The van der Waals surface area contributed by atoms with E-state index in [2.05, 4.69) is 179 Å². The first-order chi connectivity index (χ1) is 23.7. The second-order valence-electron chi connectivity index (χ2n) is 12.4. The summed E-state index contributed by atoms with van der Waals surface area (Å²) in [5, 5.41) is 5.00. The van der Waals surface area contributed by atoms with Gasteiger partial charge in [0, 0.05) is 38.6 Å². The number of fused-ring (bicyclic) bond motifs is 6. The maximum absolute atomic E-state index is 6.75. The van der Waals surface area contributed by atoms with E-state index in [1.807, 2.05) is 6.07 Å². The monoisotopic (exact) mass is 615 g/mol. The van der Waals surface area contributed by atoms with Crippen molar-refractivity contribution in [2.75, 3.05) is 0 Å². The Labute approximate surface area is 279 Å². The molecule has 2 heterocycles. The number of nitrogens with zero attached hydrogens (tertiary/aromatic N) is 2. The average Bonchev–Trinajstić information content (AvgIpc) is 3.67. The molecule has 0 atom stereocenters. The summed E-state index contributed by atoms with van der Waals surface area (Å²) in [6.45, 7) is 0. The Hall–Kier alpha value is -6.32. The van der Waals surface area contributed by atoms with E-state index in [-0.39, 0.29) is 0 Å². The van der Waals surface area contributed by atoms with Gasteiger partial charge in [-0.2, -0.15) is 0 Å². The average molecular weight is 616 g/mol. The summed E-state index contributed by atoms with van der Waals surface area (Å²) in [4.78, 5) is 0. The predicted octanol–water partition coefficient (Wildman–Crippen LogP) is 11.1. The number of nitrogens with two attached hydrogens (primary N) is 1. The summed E-state index contributed by atoms with van der Waals surface area (Å²) in [6.07, 6.45) is 2.85. The Kier molecular flexibility index (Phi) is 6.69. The van der Waals surface area contributed by atoms with Crippen LogP contribution in [0.1, 0.15) is 11.1 Å². The highest BCUT2D eigenvalue weighted by Crippen LogP contribution is 2.36. The van der Waals surface area contributed by atoms with Gasteiger partial charge in [-0.15, -0.1) is 0 Å². The van der Waals surface area contributed by atoms with Crippen LogP contribution in [0.4, 0.5) is 0 Å². The van der Waals surface area contributed by atoms with Gasteiger partial charge in [-0.25, -0.2) is 0 Å². The lowest BCUT2D eigenvalue weighted by atomic mass is 10.0. The number of rotatable bonds is 6. The van der Waals surface area contributed by atoms with Gasteiger partial charge in [-0.3, -0.25) is 0 Å². The van der Waals surface area contributed by atoms with Gasteiger partial charge < -0.3 is 14.9 Å². The second-order valence-corrected chi connectivity index (χ2v) is 12.4. The Bertz CT molecular complexity index is 2400. The molecule has 9 aromatic rings. The lowest BCUT2D eigenvalue weighted by Crippen LogP contribution is -2.02. The van der Waals surface area contributed by atoms with Crippen molar-refractivity contribution in [3.05, 3.63) is 187 Å². The largest absolute Gasteiger partial charge is 0.398 e. The molecule has 3 nitrogen and oxygen atoms in total. The fourth-order valence-electron chi connectivity index (χ4n) is 7.27. The third-order valence-electron chi connectivity index (χ3n) is 9.52. The third kappa shape index (κ3) is 4.68. The van der Waals surface area contributed by atoms with Crippen molar-refractivity contribution < 1.29 is 0 Å². The molecule has 0 saturated carbocycles. The van der Waals surface area contributed by atoms with Gasteiger partial charge in [-0.05, 0) is 71.1 Å². The van der Waals surface area contributed by atoms with Gasteiger partial charge in [0.2, 0.25) is 0 Å². The molecule has 0 spiro atoms. The van der Waals surface area contributed by atoms with E-state index in [4.69, 9.17) is 5.73 Å². The van der Waals surface area contributed by atoms with Crippen LogP contribution in [0.25, 0.3) is 71.8 Å². The summed E-state index contributed by atoms with van der Waals surface area (Å²) in [6, 6.07) is 60.7. The first-order valence-corrected chi connectivity index (χ1v) is 16.5. The van der Waals surface area contributed by atoms with Gasteiger partial charge >= 0.3 is 0 Å². The van der Waals surface area contributed by atoms with Crippen molar-refractivity contribution >= 4 is 49.3 Å². The van der Waals surface area contributed by atoms with Gasteiger partial charge in [-0.1, -0.05) is 133 Å². The van der Waals surface area contributed by atoms with Crippen LogP contribution >= 0.6 is 0 Å². The molecule has 7 aromatic carbocycles. The zero-order chi connectivity index (χ0) is 32.0. The fourth-order valence-corrected chi connectivity index (χ4v) is 7.27. The third-order valence-corrected chi connectivity index (χ3v) is 9.52. The summed E-state index contributed by atoms with van der Waals surface area (Å²) in [5.41, 5.74) is 19.1. The molecule has 2 aromatic heterocycles. The van der Waals surface area contributed by atoms with Gasteiger partial charge in [0.05, 0.1) is 22.1 Å². The number of benzene rings is 7. The van der Waals surface area contributed by atoms with Crippen molar-refractivity contribution in [1.82, 2.24) is 9.13 Å². The molecule has 0 aliphatic rings. The van der Waals surface area contributed by atoms with Gasteiger partial charge in [0.1, 0.15) is 0 Å². The van der Waals surface area contributed by atoms with Crippen molar-refractivity contribution in [3.63, 3.8) is 0 Å². The molecule has 228 valence electrons. The van der Waals surface area contributed by atoms with Crippen molar-refractivity contribution in [3.8, 4) is 22.5 Å². The smallest absolute Gasteiger partial charge is 0.0541 e. The van der Waals surface area contributed by atoms with E-state index in [1.165, 1.54) is 60.3 Å². The maximum atomic E-state index is 6.75. The minimum Gasteiger partial charge on any atom is -0.398 e. The van der Waals surface area contributed by atoms with E-state index in [1.54, 1.807) is 0 Å². The molecular formula is C45H33N3. The molecule has 0 aliphatic carbocycles. The van der Waals surface area contributed by atoms with Crippen molar-refractivity contribution in [1.29, 1.82) is 0 Å². The molecule has 0 radical (unpaired) electrons. The quantitative estimate of drug-likeness (QED) is 0.198. The number of hydrogen-bond donors (Lipinski definition) is 1. The fraction of sp³-hybridized carbons (Fsp3) is 0.0222. The van der Waals surface area contributed by atoms with E-state index >= 15 is 0 Å². The lowest BCUT2D eigenvalue weighted by molar-refractivity contribution is 1.11. The molecule has 0 aliphatic heterocycles. The van der Waals surface area contributed by atoms with Crippen LogP contribution in [0, 0.1) is 0 Å². The molecule has 0 unspecified atom stereocenters. The topological polar surface area (TPSA) is 35.9 Å². The molecule has 48 heavy (non-hydrogen) atoms. The Morgan fingerprint density at radius 2 is 0.833 bits per heavy atom. The molecule has 2 N–H and O–H groups in total. The zero-order valence-electron chi connectivity index (χ0n) is 26.4. The first kappa shape index (κ1) is 27.9. The maximum Gasteiger partial charge on any atom is 0.0541 e. The zero-order valence-corrected chi connectivity index (χ0v) is 26.4. The normalized spacial score (nSPS) is 12.0. The van der Waals surface area contributed by atoms with Crippen LogP contribution in [0.15, 0.2) is 176 Å². The van der Waals surface area contributed by atoms with E-state index in [0.717, 1.165) is 22.6 Å². The summed E-state index contributed by atoms with van der Waals surface area (Å²) in [5.74, 6) is 0. The molecule has 0 bridgehead atoms. The molecule has 0 saturated heterocycles. The minimum atomic E-state index is 0.696. The van der Waals surface area contributed by atoms with Crippen LogP contribution in [-0.4, -0.2) is 9.13 Å². The highest BCUT2D eigenvalue weighted by atomic mass is 15.0. The van der Waals surface area contributed by atoms with E-state index < -0.39 is 0 Å². The molecule has 0 amide bonds.